The maximum absolute atomic E-state index is 3.62. The highest BCUT2D eigenvalue weighted by molar-refractivity contribution is 6.73. The summed E-state index contributed by atoms with van der Waals surface area (Å²) in [5.41, 5.74) is 0. The van der Waals surface area contributed by atoms with Crippen molar-refractivity contribution in [2.24, 2.45) is 5.92 Å². The van der Waals surface area contributed by atoms with Gasteiger partial charge in [-0.05, 0) is 25.3 Å². The van der Waals surface area contributed by atoms with Gasteiger partial charge >= 0.3 is 0 Å². The van der Waals surface area contributed by atoms with Gasteiger partial charge in [-0.3, -0.25) is 0 Å². The maximum atomic E-state index is 3.62. The van der Waals surface area contributed by atoms with Crippen LogP contribution in [0.25, 0.3) is 0 Å². The fourth-order valence-corrected chi connectivity index (χ4v) is 1.90. The lowest BCUT2D eigenvalue weighted by Crippen LogP contribution is -2.41. The van der Waals surface area contributed by atoms with E-state index in [1.165, 1.54) is 19.4 Å². The first-order valence-corrected chi connectivity index (χ1v) is 8.17. The van der Waals surface area contributed by atoms with Crippen molar-refractivity contribution in [3.63, 3.8) is 0 Å². The summed E-state index contributed by atoms with van der Waals surface area (Å²) < 4.78 is 0. The summed E-state index contributed by atoms with van der Waals surface area (Å²) in [5.74, 6) is 0.860. The molecule has 68 valence electrons. The molecule has 0 aliphatic heterocycles. The Labute approximate surface area is 72.7 Å². The molecule has 0 unspecified atom stereocenters. The average molecular weight is 173 g/mol. The summed E-state index contributed by atoms with van der Waals surface area (Å²) in [7, 11) is -0.979. The van der Waals surface area contributed by atoms with E-state index in [1.54, 1.807) is 0 Å². The van der Waals surface area contributed by atoms with Crippen LogP contribution in [0.15, 0.2) is 0 Å². The third-order valence-corrected chi connectivity index (χ3v) is 2.92. The third kappa shape index (κ3) is 10.2. The van der Waals surface area contributed by atoms with Crippen LogP contribution in [0.2, 0.25) is 19.6 Å². The van der Waals surface area contributed by atoms with Crippen molar-refractivity contribution in [3.05, 3.63) is 0 Å². The SMILES string of the molecule is CC(C)CCCN[Si](C)(C)C. The summed E-state index contributed by atoms with van der Waals surface area (Å²) in [4.78, 5) is 3.62. The molecule has 0 aromatic rings. The molecule has 0 amide bonds. The second-order valence-electron chi connectivity index (χ2n) is 4.71. The molecule has 1 nitrogen and oxygen atoms in total. The molecule has 2 heteroatoms. The van der Waals surface area contributed by atoms with E-state index in [4.69, 9.17) is 0 Å². The lowest BCUT2D eigenvalue weighted by Gasteiger charge is -2.18. The van der Waals surface area contributed by atoms with Gasteiger partial charge in [0, 0.05) is 0 Å². The van der Waals surface area contributed by atoms with E-state index in [1.807, 2.05) is 0 Å². The van der Waals surface area contributed by atoms with E-state index >= 15 is 0 Å². The summed E-state index contributed by atoms with van der Waals surface area (Å²) in [5, 5.41) is 0. The van der Waals surface area contributed by atoms with Crippen LogP contribution >= 0.6 is 0 Å². The Kier molecular flexibility index (Phi) is 5.02. The van der Waals surface area contributed by atoms with Crippen LogP contribution < -0.4 is 4.98 Å². The van der Waals surface area contributed by atoms with Crippen LogP contribution in [0.3, 0.4) is 0 Å². The first kappa shape index (κ1) is 11.2. The molecule has 0 bridgehead atoms. The fraction of sp³-hybridized carbons (Fsp3) is 1.00. The van der Waals surface area contributed by atoms with Crippen LogP contribution in [0.1, 0.15) is 26.7 Å². The van der Waals surface area contributed by atoms with E-state index in [0.717, 1.165) is 5.92 Å². The second-order valence-corrected chi connectivity index (χ2v) is 9.57. The van der Waals surface area contributed by atoms with Gasteiger partial charge in [0.05, 0.1) is 0 Å². The highest BCUT2D eigenvalue weighted by Gasteiger charge is 2.10. The Morgan fingerprint density at radius 3 is 2.09 bits per heavy atom. The molecule has 0 heterocycles. The predicted molar refractivity (Wildman–Crippen MR) is 55.4 cm³/mol. The van der Waals surface area contributed by atoms with E-state index in [9.17, 15) is 0 Å². The molecule has 0 saturated heterocycles. The minimum Gasteiger partial charge on any atom is -0.337 e. The minimum atomic E-state index is -0.979. The minimum absolute atomic E-state index is 0.860. The Hall–Kier alpha value is 0.177. The van der Waals surface area contributed by atoms with Crippen molar-refractivity contribution in [1.82, 2.24) is 4.98 Å². The summed E-state index contributed by atoms with van der Waals surface area (Å²) in [6.07, 6.45) is 2.69. The number of rotatable bonds is 5. The third-order valence-electron chi connectivity index (χ3n) is 1.61. The molecular weight excluding hydrogens is 150 g/mol. The van der Waals surface area contributed by atoms with E-state index < -0.39 is 8.24 Å². The Bertz CT molecular complexity index is 94.2. The Morgan fingerprint density at radius 2 is 1.73 bits per heavy atom. The smallest absolute Gasteiger partial charge is 0.116 e. The van der Waals surface area contributed by atoms with Crippen molar-refractivity contribution in [3.8, 4) is 0 Å². The van der Waals surface area contributed by atoms with Gasteiger partial charge < -0.3 is 4.98 Å². The topological polar surface area (TPSA) is 12.0 Å². The van der Waals surface area contributed by atoms with Gasteiger partial charge in [0.15, 0.2) is 0 Å². The number of hydrogen-bond donors (Lipinski definition) is 1. The van der Waals surface area contributed by atoms with Crippen LogP contribution in [-0.2, 0) is 0 Å². The standard InChI is InChI=1S/C9H23NSi/c1-9(2)7-6-8-10-11(3,4)5/h9-10H,6-8H2,1-5H3. The van der Waals surface area contributed by atoms with Crippen molar-refractivity contribution in [2.45, 2.75) is 46.3 Å². The van der Waals surface area contributed by atoms with Crippen molar-refractivity contribution >= 4 is 8.24 Å². The summed E-state index contributed by atoms with van der Waals surface area (Å²) in [6.45, 7) is 12.8. The van der Waals surface area contributed by atoms with Crippen LogP contribution in [0, 0.1) is 5.92 Å². The number of nitrogens with one attached hydrogen (secondary N) is 1. The van der Waals surface area contributed by atoms with Gasteiger partial charge in [-0.2, -0.15) is 0 Å². The molecule has 0 aliphatic carbocycles. The van der Waals surface area contributed by atoms with Crippen molar-refractivity contribution in [2.75, 3.05) is 6.54 Å². The number of hydrogen-bond acceptors (Lipinski definition) is 1. The van der Waals surface area contributed by atoms with Crippen molar-refractivity contribution < 1.29 is 0 Å². The van der Waals surface area contributed by atoms with E-state index in [-0.39, 0.29) is 0 Å². The van der Waals surface area contributed by atoms with Gasteiger partial charge in [0.25, 0.3) is 0 Å². The Balaban J connectivity index is 3.15. The molecule has 1 N–H and O–H groups in total. The van der Waals surface area contributed by atoms with Crippen LogP contribution in [0.5, 0.6) is 0 Å². The van der Waals surface area contributed by atoms with Crippen LogP contribution in [-0.4, -0.2) is 14.8 Å². The van der Waals surface area contributed by atoms with E-state index in [0.29, 0.717) is 0 Å². The van der Waals surface area contributed by atoms with Crippen molar-refractivity contribution in [1.29, 1.82) is 0 Å². The summed E-state index contributed by atoms with van der Waals surface area (Å²) in [6, 6.07) is 0. The predicted octanol–water partition coefficient (Wildman–Crippen LogP) is 2.85. The lowest BCUT2D eigenvalue weighted by atomic mass is 10.1. The fourth-order valence-electron chi connectivity index (χ4n) is 0.974. The molecule has 0 radical (unpaired) electrons. The Morgan fingerprint density at radius 1 is 1.18 bits per heavy atom. The average Bonchev–Trinajstić information content (AvgIpc) is 1.78. The van der Waals surface area contributed by atoms with Gasteiger partial charge in [0.1, 0.15) is 8.24 Å². The first-order chi connectivity index (χ1) is 4.92. The summed E-state index contributed by atoms with van der Waals surface area (Å²) >= 11 is 0. The van der Waals surface area contributed by atoms with Crippen LogP contribution in [0.4, 0.5) is 0 Å². The zero-order valence-electron chi connectivity index (χ0n) is 8.70. The quantitative estimate of drug-likeness (QED) is 0.498. The molecule has 0 aromatic heterocycles. The second kappa shape index (κ2) is 4.94. The molecule has 0 rings (SSSR count). The molecule has 0 aliphatic rings. The highest BCUT2D eigenvalue weighted by Crippen LogP contribution is 2.03. The zero-order valence-corrected chi connectivity index (χ0v) is 9.70. The first-order valence-electron chi connectivity index (χ1n) is 4.67. The molecule has 0 spiro atoms. The normalized spacial score (nSPS) is 12.5. The molecular formula is C9H23NSi. The molecule has 0 aromatic carbocycles. The molecule has 0 saturated carbocycles. The maximum Gasteiger partial charge on any atom is 0.116 e. The zero-order chi connectivity index (χ0) is 8.91. The van der Waals surface area contributed by atoms with Gasteiger partial charge in [0.2, 0.25) is 0 Å². The van der Waals surface area contributed by atoms with Gasteiger partial charge in [-0.25, -0.2) is 0 Å². The highest BCUT2D eigenvalue weighted by atomic mass is 28.3. The molecule has 11 heavy (non-hydrogen) atoms. The monoisotopic (exact) mass is 173 g/mol. The van der Waals surface area contributed by atoms with Gasteiger partial charge in [-0.15, -0.1) is 0 Å². The van der Waals surface area contributed by atoms with E-state index in [2.05, 4.69) is 38.5 Å². The lowest BCUT2D eigenvalue weighted by molar-refractivity contribution is 0.552. The molecule has 0 fully saturated rings. The molecule has 0 atom stereocenters. The largest absolute Gasteiger partial charge is 0.337 e. The van der Waals surface area contributed by atoms with Gasteiger partial charge in [-0.1, -0.05) is 33.5 Å².